The number of carbonyl (C=O) groups is 2. The van der Waals surface area contributed by atoms with Gasteiger partial charge in [0.1, 0.15) is 0 Å². The first-order chi connectivity index (χ1) is 10.6. The van der Waals surface area contributed by atoms with Crippen molar-refractivity contribution in [2.75, 3.05) is 10.6 Å². The second kappa shape index (κ2) is 7.78. The van der Waals surface area contributed by atoms with E-state index in [1.54, 1.807) is 6.92 Å². The first-order valence-corrected chi connectivity index (χ1v) is 7.01. The number of hydrogen-bond acceptors (Lipinski definition) is 2. The van der Waals surface area contributed by atoms with Crippen LogP contribution >= 0.6 is 0 Å². The van der Waals surface area contributed by atoms with Crippen LogP contribution in [0.25, 0.3) is 0 Å². The molecule has 0 aliphatic carbocycles. The number of para-hydroxylation sites is 2. The highest BCUT2D eigenvalue weighted by molar-refractivity contribution is 6.00. The van der Waals surface area contributed by atoms with Crippen molar-refractivity contribution in [3.63, 3.8) is 0 Å². The van der Waals surface area contributed by atoms with Gasteiger partial charge < -0.3 is 10.6 Å². The molecule has 0 aliphatic rings. The monoisotopic (exact) mass is 294 g/mol. The van der Waals surface area contributed by atoms with Crippen LogP contribution in [0.15, 0.2) is 72.3 Å². The molecule has 112 valence electrons. The minimum Gasteiger partial charge on any atom is -0.326 e. The fourth-order valence-electron chi connectivity index (χ4n) is 1.95. The molecule has 0 unspecified atom stereocenters. The van der Waals surface area contributed by atoms with E-state index in [9.17, 15) is 9.59 Å². The van der Waals surface area contributed by atoms with Gasteiger partial charge in [-0.3, -0.25) is 9.59 Å². The van der Waals surface area contributed by atoms with Crippen molar-refractivity contribution in [2.45, 2.75) is 13.3 Å². The molecule has 2 rings (SSSR count). The molecule has 0 aromatic heterocycles. The lowest BCUT2D eigenvalue weighted by Gasteiger charge is -2.06. The first-order valence-electron chi connectivity index (χ1n) is 7.01. The van der Waals surface area contributed by atoms with E-state index in [1.165, 1.54) is 6.08 Å². The molecule has 0 bridgehead atoms. The van der Waals surface area contributed by atoms with Crippen LogP contribution in [-0.4, -0.2) is 11.8 Å². The van der Waals surface area contributed by atoms with Crippen LogP contribution < -0.4 is 10.6 Å². The van der Waals surface area contributed by atoms with Gasteiger partial charge in [-0.25, -0.2) is 0 Å². The Balaban J connectivity index is 1.86. The quantitative estimate of drug-likeness (QED) is 0.828. The first kappa shape index (κ1) is 15.5. The minimum atomic E-state index is -0.240. The Kier molecular flexibility index (Phi) is 5.49. The van der Waals surface area contributed by atoms with E-state index in [1.807, 2.05) is 60.7 Å². The van der Waals surface area contributed by atoms with Gasteiger partial charge in [-0.2, -0.15) is 0 Å². The Bertz CT molecular complexity index is 664. The van der Waals surface area contributed by atoms with Crippen LogP contribution in [0.5, 0.6) is 0 Å². The number of hydrogen-bond donors (Lipinski definition) is 2. The summed E-state index contributed by atoms with van der Waals surface area (Å²) in [5.74, 6) is -0.385. The van der Waals surface area contributed by atoms with Crippen LogP contribution in [0.3, 0.4) is 0 Å². The molecule has 0 aliphatic heterocycles. The Labute approximate surface area is 129 Å². The van der Waals surface area contributed by atoms with Crippen LogP contribution in [0, 0.1) is 0 Å². The number of amides is 2. The van der Waals surface area contributed by atoms with Crippen molar-refractivity contribution in [3.8, 4) is 0 Å². The number of benzene rings is 2. The van der Waals surface area contributed by atoms with Crippen molar-refractivity contribution < 1.29 is 9.59 Å². The van der Waals surface area contributed by atoms with Gasteiger partial charge in [-0.05, 0) is 31.2 Å². The molecule has 2 N–H and O–H groups in total. The summed E-state index contributed by atoms with van der Waals surface area (Å²) in [6.07, 6.45) is 1.62. The van der Waals surface area contributed by atoms with Gasteiger partial charge in [-0.15, -0.1) is 0 Å². The van der Waals surface area contributed by atoms with Crippen LogP contribution in [0.4, 0.5) is 11.4 Å². The summed E-state index contributed by atoms with van der Waals surface area (Å²) in [4.78, 5) is 23.7. The molecule has 22 heavy (non-hydrogen) atoms. The molecule has 0 atom stereocenters. The van der Waals surface area contributed by atoms with Crippen molar-refractivity contribution >= 4 is 23.2 Å². The molecule has 4 nitrogen and oxygen atoms in total. The van der Waals surface area contributed by atoms with E-state index in [0.717, 1.165) is 11.4 Å². The van der Waals surface area contributed by atoms with Crippen molar-refractivity contribution in [1.82, 2.24) is 0 Å². The van der Waals surface area contributed by atoms with Gasteiger partial charge in [0.15, 0.2) is 0 Å². The topological polar surface area (TPSA) is 58.2 Å². The van der Waals surface area contributed by atoms with E-state index < -0.39 is 0 Å². The van der Waals surface area contributed by atoms with Crippen LogP contribution in [0.2, 0.25) is 0 Å². The Morgan fingerprint density at radius 2 is 1.36 bits per heavy atom. The third-order valence-electron chi connectivity index (χ3n) is 2.92. The number of carbonyl (C=O) groups excluding carboxylic acids is 2. The van der Waals surface area contributed by atoms with Gasteiger partial charge in [0, 0.05) is 23.9 Å². The minimum absolute atomic E-state index is 0.146. The average Bonchev–Trinajstić information content (AvgIpc) is 2.48. The molecular formula is C18H18N2O2. The SMILES string of the molecule is CC(=CC(=O)Nc1ccccc1)CC(=O)Nc1ccccc1. The lowest BCUT2D eigenvalue weighted by molar-refractivity contribution is -0.115. The Morgan fingerprint density at radius 3 is 1.91 bits per heavy atom. The summed E-state index contributed by atoms with van der Waals surface area (Å²) >= 11 is 0. The molecule has 4 heteroatoms. The molecular weight excluding hydrogens is 276 g/mol. The second-order valence-electron chi connectivity index (χ2n) is 4.94. The summed E-state index contributed by atoms with van der Waals surface area (Å²) in [5.41, 5.74) is 2.17. The molecule has 0 fully saturated rings. The fraction of sp³-hybridized carbons (Fsp3) is 0.111. The zero-order chi connectivity index (χ0) is 15.8. The van der Waals surface area contributed by atoms with E-state index in [0.29, 0.717) is 5.57 Å². The molecule has 0 saturated heterocycles. The third kappa shape index (κ3) is 5.25. The highest BCUT2D eigenvalue weighted by Gasteiger charge is 2.05. The van der Waals surface area contributed by atoms with Gasteiger partial charge in [0.2, 0.25) is 11.8 Å². The lowest BCUT2D eigenvalue weighted by Crippen LogP contribution is -2.13. The summed E-state index contributed by atoms with van der Waals surface area (Å²) in [6.45, 7) is 1.76. The maximum Gasteiger partial charge on any atom is 0.248 e. The predicted molar refractivity (Wildman–Crippen MR) is 88.5 cm³/mol. The largest absolute Gasteiger partial charge is 0.326 e. The van der Waals surface area contributed by atoms with Gasteiger partial charge in [0.05, 0.1) is 0 Å². The highest BCUT2D eigenvalue weighted by atomic mass is 16.2. The zero-order valence-electron chi connectivity index (χ0n) is 12.4. The molecule has 2 aromatic carbocycles. The smallest absolute Gasteiger partial charge is 0.248 e. The van der Waals surface area contributed by atoms with Crippen molar-refractivity contribution in [1.29, 1.82) is 0 Å². The van der Waals surface area contributed by atoms with E-state index >= 15 is 0 Å². The van der Waals surface area contributed by atoms with Crippen molar-refractivity contribution in [3.05, 3.63) is 72.3 Å². The van der Waals surface area contributed by atoms with E-state index in [2.05, 4.69) is 10.6 Å². The predicted octanol–water partition coefficient (Wildman–Crippen LogP) is 3.60. The Morgan fingerprint density at radius 1 is 0.864 bits per heavy atom. The molecule has 0 spiro atoms. The maximum absolute atomic E-state index is 11.9. The van der Waals surface area contributed by atoms with Crippen molar-refractivity contribution in [2.24, 2.45) is 0 Å². The number of anilines is 2. The van der Waals surface area contributed by atoms with E-state index in [-0.39, 0.29) is 18.2 Å². The van der Waals surface area contributed by atoms with Crippen LogP contribution in [-0.2, 0) is 9.59 Å². The van der Waals surface area contributed by atoms with Gasteiger partial charge >= 0.3 is 0 Å². The highest BCUT2D eigenvalue weighted by Crippen LogP contribution is 2.09. The third-order valence-corrected chi connectivity index (χ3v) is 2.92. The molecule has 0 heterocycles. The summed E-state index contributed by atoms with van der Waals surface area (Å²) < 4.78 is 0. The maximum atomic E-state index is 11.9. The summed E-state index contributed by atoms with van der Waals surface area (Å²) in [6, 6.07) is 18.4. The molecule has 0 radical (unpaired) electrons. The van der Waals surface area contributed by atoms with Gasteiger partial charge in [-0.1, -0.05) is 42.0 Å². The molecule has 0 saturated carbocycles. The standard InChI is InChI=1S/C18H18N2O2/c1-14(12-17(21)19-15-8-4-2-5-9-15)13-18(22)20-16-10-6-3-7-11-16/h2-12H,13H2,1H3,(H,19,21)(H,20,22). The van der Waals surface area contributed by atoms with E-state index in [4.69, 9.17) is 0 Å². The Hall–Kier alpha value is -2.88. The fourth-order valence-corrected chi connectivity index (χ4v) is 1.95. The van der Waals surface area contributed by atoms with Gasteiger partial charge in [0.25, 0.3) is 0 Å². The normalized spacial score (nSPS) is 10.9. The average molecular weight is 294 g/mol. The zero-order valence-corrected chi connectivity index (χ0v) is 12.4. The lowest BCUT2D eigenvalue weighted by atomic mass is 10.2. The molecule has 2 amide bonds. The molecule has 2 aromatic rings. The summed E-state index contributed by atoms with van der Waals surface area (Å²) in [5, 5.41) is 5.53. The summed E-state index contributed by atoms with van der Waals surface area (Å²) in [7, 11) is 0. The second-order valence-corrected chi connectivity index (χ2v) is 4.94. The number of nitrogens with one attached hydrogen (secondary N) is 2. The van der Waals surface area contributed by atoms with Crippen LogP contribution in [0.1, 0.15) is 13.3 Å². The number of rotatable bonds is 5.